The lowest BCUT2D eigenvalue weighted by Crippen LogP contribution is -2.51. The van der Waals surface area contributed by atoms with Gasteiger partial charge in [0, 0.05) is 38.8 Å². The summed E-state index contributed by atoms with van der Waals surface area (Å²) >= 11 is 0. The lowest BCUT2D eigenvalue weighted by atomic mass is 10.3. The molecule has 0 aliphatic carbocycles. The van der Waals surface area contributed by atoms with Crippen LogP contribution in [0.3, 0.4) is 0 Å². The molecule has 0 spiro atoms. The molecule has 2 amide bonds. The molecular weight excluding hydrogens is 298 g/mol. The number of aromatic nitrogens is 1. The van der Waals surface area contributed by atoms with Gasteiger partial charge in [0.1, 0.15) is 0 Å². The van der Waals surface area contributed by atoms with Crippen LogP contribution in [0.15, 0.2) is 23.2 Å². The van der Waals surface area contributed by atoms with Gasteiger partial charge in [0.25, 0.3) is 0 Å². The summed E-state index contributed by atoms with van der Waals surface area (Å²) in [5, 5.41) is 9.16. The summed E-state index contributed by atoms with van der Waals surface area (Å²) in [7, 11) is 0. The lowest BCUT2D eigenvalue weighted by molar-refractivity contribution is -0.123. The van der Waals surface area contributed by atoms with Crippen molar-refractivity contribution >= 4 is 17.7 Å². The van der Waals surface area contributed by atoms with Crippen molar-refractivity contribution in [3.8, 4) is 0 Å². The molecule has 0 saturated carbocycles. The number of nitrogens with zero attached hydrogens (tertiary/aromatic N) is 3. The number of amides is 2. The molecule has 1 saturated heterocycles. The maximum atomic E-state index is 11.9. The smallest absolute Gasteiger partial charge is 0.240 e. The van der Waals surface area contributed by atoms with Crippen LogP contribution in [0.25, 0.3) is 0 Å². The maximum absolute atomic E-state index is 11.9. The molecule has 2 N–H and O–H groups in total. The van der Waals surface area contributed by atoms with E-state index in [4.69, 9.17) is 4.52 Å². The molecule has 0 atom stereocenters. The fraction of sp³-hybridized carbons (Fsp3) is 0.533. The van der Waals surface area contributed by atoms with Crippen LogP contribution in [0, 0.1) is 6.92 Å². The molecule has 126 valence electrons. The number of aryl methyl sites for hydroxylation is 1. The molecule has 1 aliphatic heterocycles. The van der Waals surface area contributed by atoms with Crippen LogP contribution in [-0.4, -0.2) is 72.6 Å². The van der Waals surface area contributed by atoms with Crippen molar-refractivity contribution in [2.45, 2.75) is 6.92 Å². The van der Waals surface area contributed by atoms with Crippen molar-refractivity contribution < 1.29 is 14.1 Å². The van der Waals surface area contributed by atoms with Crippen molar-refractivity contribution in [3.05, 3.63) is 24.4 Å². The summed E-state index contributed by atoms with van der Waals surface area (Å²) in [6.07, 6.45) is 1.66. The Hall–Kier alpha value is -2.19. The lowest BCUT2D eigenvalue weighted by Gasteiger charge is -2.33. The van der Waals surface area contributed by atoms with Gasteiger partial charge in [0.15, 0.2) is 0 Å². The number of hydrogen-bond donors (Lipinski definition) is 2. The van der Waals surface area contributed by atoms with Crippen molar-refractivity contribution in [1.82, 2.24) is 20.3 Å². The van der Waals surface area contributed by atoms with E-state index in [0.717, 1.165) is 31.9 Å². The number of anilines is 1. The van der Waals surface area contributed by atoms with Gasteiger partial charge in [-0.25, -0.2) is 0 Å². The summed E-state index contributed by atoms with van der Waals surface area (Å²) in [5.74, 6) is 0.236. The Kier molecular flexibility index (Phi) is 6.30. The van der Waals surface area contributed by atoms with Crippen molar-refractivity contribution in [2.24, 2.45) is 0 Å². The highest BCUT2D eigenvalue weighted by Crippen LogP contribution is 2.08. The average molecular weight is 321 g/mol. The maximum Gasteiger partial charge on any atom is 0.240 e. The third kappa shape index (κ3) is 5.84. The Morgan fingerprint density at radius 2 is 1.87 bits per heavy atom. The Labute approximate surface area is 135 Å². The second-order valence-corrected chi connectivity index (χ2v) is 5.53. The van der Waals surface area contributed by atoms with Gasteiger partial charge in [-0.1, -0.05) is 11.2 Å². The SMILES string of the molecule is C=CCNC(=O)CN1CCN(CC(=O)Nc2cc(C)no2)CC1. The van der Waals surface area contributed by atoms with E-state index < -0.39 is 0 Å². The molecule has 8 heteroatoms. The third-order valence-corrected chi connectivity index (χ3v) is 3.53. The van der Waals surface area contributed by atoms with Gasteiger partial charge in [0.05, 0.1) is 18.8 Å². The largest absolute Gasteiger partial charge is 0.352 e. The van der Waals surface area contributed by atoms with Gasteiger partial charge in [-0.2, -0.15) is 0 Å². The molecule has 1 fully saturated rings. The first-order valence-electron chi connectivity index (χ1n) is 7.62. The predicted molar refractivity (Wildman–Crippen MR) is 86.0 cm³/mol. The van der Waals surface area contributed by atoms with Gasteiger partial charge < -0.3 is 9.84 Å². The highest BCUT2D eigenvalue weighted by molar-refractivity contribution is 5.90. The number of hydrogen-bond acceptors (Lipinski definition) is 6. The minimum Gasteiger partial charge on any atom is -0.352 e. The first-order valence-corrected chi connectivity index (χ1v) is 7.62. The van der Waals surface area contributed by atoms with Gasteiger partial charge in [-0.15, -0.1) is 6.58 Å². The zero-order chi connectivity index (χ0) is 16.7. The van der Waals surface area contributed by atoms with Crippen LogP contribution in [0.4, 0.5) is 5.88 Å². The number of piperazine rings is 1. The van der Waals surface area contributed by atoms with Crippen LogP contribution in [-0.2, 0) is 9.59 Å². The Morgan fingerprint density at radius 3 is 2.39 bits per heavy atom. The van der Waals surface area contributed by atoms with Gasteiger partial charge >= 0.3 is 0 Å². The van der Waals surface area contributed by atoms with Gasteiger partial charge in [-0.3, -0.25) is 24.7 Å². The normalized spacial score (nSPS) is 16.0. The van der Waals surface area contributed by atoms with Crippen molar-refractivity contribution in [3.63, 3.8) is 0 Å². The van der Waals surface area contributed by atoms with E-state index in [1.165, 1.54) is 0 Å². The van der Waals surface area contributed by atoms with E-state index in [1.807, 2.05) is 0 Å². The predicted octanol–water partition coefficient (Wildman–Crippen LogP) is -0.159. The van der Waals surface area contributed by atoms with E-state index in [1.54, 1.807) is 19.1 Å². The summed E-state index contributed by atoms with van der Waals surface area (Å²) in [6.45, 7) is 9.54. The molecule has 0 radical (unpaired) electrons. The minimum absolute atomic E-state index is 0.00298. The quantitative estimate of drug-likeness (QED) is 0.678. The fourth-order valence-corrected chi connectivity index (χ4v) is 2.35. The molecule has 0 bridgehead atoms. The molecule has 23 heavy (non-hydrogen) atoms. The van der Waals surface area contributed by atoms with Crippen molar-refractivity contribution in [2.75, 3.05) is 51.1 Å². The molecule has 1 aliphatic rings. The van der Waals surface area contributed by atoms with E-state index in [9.17, 15) is 9.59 Å². The molecule has 0 unspecified atom stereocenters. The van der Waals surface area contributed by atoms with Gasteiger partial charge in [0.2, 0.25) is 17.7 Å². The Bertz CT molecular complexity index is 549. The number of nitrogens with one attached hydrogen (secondary N) is 2. The van der Waals surface area contributed by atoms with Crippen LogP contribution >= 0.6 is 0 Å². The fourth-order valence-electron chi connectivity index (χ4n) is 2.35. The standard InChI is InChI=1S/C15H23N5O3/c1-3-4-16-13(21)10-19-5-7-20(8-6-19)11-14(22)17-15-9-12(2)18-23-15/h3,9H,1,4-8,10-11H2,2H3,(H,16,21)(H,17,22). The zero-order valence-corrected chi connectivity index (χ0v) is 13.4. The average Bonchev–Trinajstić information content (AvgIpc) is 2.92. The molecular formula is C15H23N5O3. The second kappa shape index (κ2) is 8.44. The number of carbonyl (C=O) groups excluding carboxylic acids is 2. The molecule has 1 aromatic rings. The second-order valence-electron chi connectivity index (χ2n) is 5.53. The zero-order valence-electron chi connectivity index (χ0n) is 13.4. The molecule has 8 nitrogen and oxygen atoms in total. The molecule has 2 rings (SSSR count). The highest BCUT2D eigenvalue weighted by atomic mass is 16.5. The van der Waals surface area contributed by atoms with E-state index in [-0.39, 0.29) is 11.8 Å². The molecule has 0 aromatic carbocycles. The van der Waals surface area contributed by atoms with E-state index in [2.05, 4.69) is 32.2 Å². The summed E-state index contributed by atoms with van der Waals surface area (Å²) < 4.78 is 4.96. The first kappa shape index (κ1) is 17.2. The molecule has 2 heterocycles. The number of rotatable bonds is 7. The molecule has 1 aromatic heterocycles. The van der Waals surface area contributed by atoms with Crippen LogP contribution in [0.2, 0.25) is 0 Å². The topological polar surface area (TPSA) is 90.7 Å². The summed E-state index contributed by atoms with van der Waals surface area (Å²) in [4.78, 5) is 27.7. The van der Waals surface area contributed by atoms with Crippen molar-refractivity contribution in [1.29, 1.82) is 0 Å². The summed E-state index contributed by atoms with van der Waals surface area (Å²) in [5.41, 5.74) is 0.726. The Balaban J connectivity index is 1.67. The highest BCUT2D eigenvalue weighted by Gasteiger charge is 2.20. The summed E-state index contributed by atoms with van der Waals surface area (Å²) in [6, 6.07) is 1.68. The third-order valence-electron chi connectivity index (χ3n) is 3.53. The number of carbonyl (C=O) groups is 2. The monoisotopic (exact) mass is 321 g/mol. The van der Waals surface area contributed by atoms with E-state index >= 15 is 0 Å². The van der Waals surface area contributed by atoms with E-state index in [0.29, 0.717) is 25.5 Å². The first-order chi connectivity index (χ1) is 11.1. The van der Waals surface area contributed by atoms with Crippen LogP contribution in [0.5, 0.6) is 0 Å². The van der Waals surface area contributed by atoms with Crippen LogP contribution in [0.1, 0.15) is 5.69 Å². The van der Waals surface area contributed by atoms with Crippen LogP contribution < -0.4 is 10.6 Å². The Morgan fingerprint density at radius 1 is 1.26 bits per heavy atom. The van der Waals surface area contributed by atoms with Gasteiger partial charge in [-0.05, 0) is 6.92 Å². The minimum atomic E-state index is -0.127.